The van der Waals surface area contributed by atoms with Crippen LogP contribution in [0.5, 0.6) is 23.0 Å². The van der Waals surface area contributed by atoms with Gasteiger partial charge in [0, 0.05) is 6.07 Å². The van der Waals surface area contributed by atoms with Gasteiger partial charge >= 0.3 is 0 Å². The van der Waals surface area contributed by atoms with E-state index in [1.54, 1.807) is 42.5 Å². The van der Waals surface area contributed by atoms with Gasteiger partial charge in [0.05, 0.1) is 51.0 Å². The van der Waals surface area contributed by atoms with E-state index in [9.17, 15) is 4.79 Å². The molecule has 1 aromatic heterocycles. The van der Waals surface area contributed by atoms with Crippen molar-refractivity contribution < 1.29 is 23.4 Å². The van der Waals surface area contributed by atoms with Gasteiger partial charge in [0.15, 0.2) is 16.9 Å². The molecule has 0 saturated heterocycles. The summed E-state index contributed by atoms with van der Waals surface area (Å²) in [7, 11) is 6.00. The van der Waals surface area contributed by atoms with Crippen molar-refractivity contribution in [3.05, 3.63) is 58.3 Å². The normalized spacial score (nSPS) is 10.7. The van der Waals surface area contributed by atoms with Gasteiger partial charge < -0.3 is 23.4 Å². The van der Waals surface area contributed by atoms with Crippen LogP contribution in [0.1, 0.15) is 5.56 Å². The predicted molar refractivity (Wildman–Crippen MR) is 116 cm³/mol. The molecular formula is C24H19NO6. The standard InChI is InChI=1S/C24H19NO6/c1-27-16-10-9-15-21(26)20-18(29-3)11-17(28-2)19(14-7-5-13(12-25)6-8-14)24(20)31-22(15)23(16)30-4/h5-11H,1-4H3. The molecule has 0 unspecified atom stereocenters. The van der Waals surface area contributed by atoms with Gasteiger partial charge in [-0.2, -0.15) is 5.26 Å². The van der Waals surface area contributed by atoms with Crippen LogP contribution >= 0.6 is 0 Å². The first-order valence-electron chi connectivity index (χ1n) is 9.34. The largest absolute Gasteiger partial charge is 0.496 e. The average molecular weight is 417 g/mol. The Balaban J connectivity index is 2.22. The van der Waals surface area contributed by atoms with E-state index in [4.69, 9.17) is 28.6 Å². The summed E-state index contributed by atoms with van der Waals surface area (Å²) < 4.78 is 28.2. The highest BCUT2D eigenvalue weighted by Gasteiger charge is 2.24. The summed E-state index contributed by atoms with van der Waals surface area (Å²) in [6, 6.07) is 14.0. The van der Waals surface area contributed by atoms with E-state index in [2.05, 4.69) is 6.07 Å². The van der Waals surface area contributed by atoms with Gasteiger partial charge in [0.2, 0.25) is 11.2 Å². The van der Waals surface area contributed by atoms with Crippen molar-refractivity contribution in [3.63, 3.8) is 0 Å². The third-order valence-electron chi connectivity index (χ3n) is 5.13. The molecule has 0 saturated carbocycles. The Morgan fingerprint density at radius 1 is 0.806 bits per heavy atom. The summed E-state index contributed by atoms with van der Waals surface area (Å²) in [5.41, 5.74) is 2.06. The highest BCUT2D eigenvalue weighted by atomic mass is 16.5. The Morgan fingerprint density at radius 2 is 1.48 bits per heavy atom. The lowest BCUT2D eigenvalue weighted by Crippen LogP contribution is -2.07. The summed E-state index contributed by atoms with van der Waals surface area (Å²) in [4.78, 5) is 13.5. The molecule has 7 nitrogen and oxygen atoms in total. The summed E-state index contributed by atoms with van der Waals surface area (Å²) >= 11 is 0. The Kier molecular flexibility index (Phi) is 5.14. The zero-order valence-electron chi connectivity index (χ0n) is 17.4. The van der Waals surface area contributed by atoms with Crippen LogP contribution < -0.4 is 24.4 Å². The minimum atomic E-state index is -0.272. The van der Waals surface area contributed by atoms with Gasteiger partial charge in [-0.05, 0) is 29.8 Å². The first kappa shape index (κ1) is 20.1. The van der Waals surface area contributed by atoms with Gasteiger partial charge in [0.25, 0.3) is 0 Å². The number of hydrogen-bond donors (Lipinski definition) is 0. The van der Waals surface area contributed by atoms with Crippen LogP contribution in [-0.4, -0.2) is 28.4 Å². The lowest BCUT2D eigenvalue weighted by atomic mass is 9.98. The molecule has 0 spiro atoms. The summed E-state index contributed by atoms with van der Waals surface area (Å²) in [6.45, 7) is 0. The first-order valence-corrected chi connectivity index (χ1v) is 9.34. The lowest BCUT2D eigenvalue weighted by Gasteiger charge is -2.16. The third-order valence-corrected chi connectivity index (χ3v) is 5.13. The topological polar surface area (TPSA) is 90.9 Å². The molecule has 7 heteroatoms. The van der Waals surface area contributed by atoms with Crippen molar-refractivity contribution in [2.75, 3.05) is 28.4 Å². The first-order chi connectivity index (χ1) is 15.1. The smallest absolute Gasteiger partial charge is 0.204 e. The van der Waals surface area contributed by atoms with Gasteiger partial charge in [-0.3, -0.25) is 4.79 Å². The van der Waals surface area contributed by atoms with E-state index in [1.807, 2.05) is 0 Å². The number of methoxy groups -OCH3 is 4. The second-order valence-electron chi connectivity index (χ2n) is 6.66. The van der Waals surface area contributed by atoms with Crippen LogP contribution in [-0.2, 0) is 0 Å². The predicted octanol–water partition coefficient (Wildman–Crippen LogP) is 4.52. The van der Waals surface area contributed by atoms with Crippen molar-refractivity contribution in [3.8, 4) is 40.2 Å². The van der Waals surface area contributed by atoms with E-state index in [0.29, 0.717) is 45.1 Å². The Hall–Kier alpha value is -4.18. The fraction of sp³-hybridized carbons (Fsp3) is 0.167. The molecule has 31 heavy (non-hydrogen) atoms. The van der Waals surface area contributed by atoms with Gasteiger partial charge in [0.1, 0.15) is 16.9 Å². The highest BCUT2D eigenvalue weighted by molar-refractivity contribution is 6.04. The molecule has 0 aliphatic carbocycles. The molecule has 4 rings (SSSR count). The summed E-state index contributed by atoms with van der Waals surface area (Å²) in [6.07, 6.45) is 0. The monoisotopic (exact) mass is 417 g/mol. The van der Waals surface area contributed by atoms with Crippen molar-refractivity contribution in [2.24, 2.45) is 0 Å². The van der Waals surface area contributed by atoms with Gasteiger partial charge in [-0.1, -0.05) is 12.1 Å². The minimum absolute atomic E-state index is 0.254. The van der Waals surface area contributed by atoms with Crippen LogP contribution in [0, 0.1) is 11.3 Å². The maximum Gasteiger partial charge on any atom is 0.204 e. The third kappa shape index (κ3) is 3.09. The van der Waals surface area contributed by atoms with Crippen molar-refractivity contribution in [1.82, 2.24) is 0 Å². The SMILES string of the molecule is COc1ccc2c(=O)c3c(OC)cc(OC)c(-c4ccc(C#N)cc4)c3oc2c1OC. The number of ether oxygens (including phenoxy) is 4. The van der Waals surface area contributed by atoms with Crippen molar-refractivity contribution in [1.29, 1.82) is 5.26 Å². The number of fused-ring (bicyclic) bond motifs is 2. The highest BCUT2D eigenvalue weighted by Crippen LogP contribution is 2.44. The minimum Gasteiger partial charge on any atom is -0.496 e. The summed E-state index contributed by atoms with van der Waals surface area (Å²) in [5.74, 6) is 1.53. The van der Waals surface area contributed by atoms with Crippen LogP contribution in [0.2, 0.25) is 0 Å². The van der Waals surface area contributed by atoms with E-state index in [0.717, 1.165) is 0 Å². The number of rotatable bonds is 5. The zero-order valence-corrected chi connectivity index (χ0v) is 17.4. The molecule has 0 N–H and O–H groups in total. The van der Waals surface area contributed by atoms with Crippen molar-refractivity contribution >= 4 is 21.9 Å². The quantitative estimate of drug-likeness (QED) is 0.441. The molecule has 0 radical (unpaired) electrons. The molecule has 0 atom stereocenters. The molecule has 1 heterocycles. The molecule has 0 amide bonds. The molecule has 4 aromatic rings. The van der Waals surface area contributed by atoms with E-state index < -0.39 is 0 Å². The van der Waals surface area contributed by atoms with Gasteiger partial charge in [-0.15, -0.1) is 0 Å². The average Bonchev–Trinajstić information content (AvgIpc) is 2.82. The van der Waals surface area contributed by atoms with E-state index in [1.165, 1.54) is 28.4 Å². The zero-order chi connectivity index (χ0) is 22.1. The second kappa shape index (κ2) is 7.92. The lowest BCUT2D eigenvalue weighted by molar-refractivity contribution is 0.354. The Bertz CT molecular complexity index is 1400. The molecule has 0 fully saturated rings. The fourth-order valence-electron chi connectivity index (χ4n) is 3.65. The van der Waals surface area contributed by atoms with Crippen LogP contribution in [0.4, 0.5) is 0 Å². The molecule has 0 bridgehead atoms. The maximum atomic E-state index is 13.5. The molecule has 156 valence electrons. The molecule has 0 aliphatic heterocycles. The van der Waals surface area contributed by atoms with Crippen LogP contribution in [0.15, 0.2) is 51.7 Å². The maximum absolute atomic E-state index is 13.5. The van der Waals surface area contributed by atoms with E-state index >= 15 is 0 Å². The molecular weight excluding hydrogens is 398 g/mol. The Morgan fingerprint density at radius 3 is 2.06 bits per heavy atom. The van der Waals surface area contributed by atoms with Crippen molar-refractivity contribution in [2.45, 2.75) is 0 Å². The summed E-state index contributed by atoms with van der Waals surface area (Å²) in [5, 5.41) is 9.74. The number of hydrogen-bond acceptors (Lipinski definition) is 7. The van der Waals surface area contributed by atoms with E-state index in [-0.39, 0.29) is 22.0 Å². The number of nitriles is 1. The van der Waals surface area contributed by atoms with Crippen LogP contribution in [0.3, 0.4) is 0 Å². The Labute approximate surface area is 177 Å². The second-order valence-corrected chi connectivity index (χ2v) is 6.66. The van der Waals surface area contributed by atoms with Crippen LogP contribution in [0.25, 0.3) is 33.1 Å². The number of benzene rings is 3. The fourth-order valence-corrected chi connectivity index (χ4v) is 3.65. The molecule has 0 aliphatic rings. The molecule has 3 aromatic carbocycles. The van der Waals surface area contributed by atoms with Gasteiger partial charge in [-0.25, -0.2) is 0 Å². The number of nitrogens with zero attached hydrogens (tertiary/aromatic N) is 1.